The van der Waals surface area contributed by atoms with Crippen LogP contribution < -0.4 is 11.2 Å². The maximum absolute atomic E-state index is 12.4. The topological polar surface area (TPSA) is 110 Å². The number of hydrogen-bond acceptors (Lipinski definition) is 8. The molecule has 1 unspecified atom stereocenters. The summed E-state index contributed by atoms with van der Waals surface area (Å²) in [4.78, 5) is 31.9. The Kier molecular flexibility index (Phi) is 3.44. The van der Waals surface area contributed by atoms with Gasteiger partial charge in [0.25, 0.3) is 5.56 Å². The largest absolute Gasteiger partial charge is 0.364 e. The first-order valence-electron chi connectivity index (χ1n) is 9.49. The van der Waals surface area contributed by atoms with Crippen LogP contribution in [0.4, 0.5) is 0 Å². The van der Waals surface area contributed by atoms with Crippen molar-refractivity contribution in [1.82, 2.24) is 34.3 Å². The fraction of sp³-hybridized carbons (Fsp3) is 0.588. The minimum atomic E-state index is -0.385. The number of hydrogen-bond donors (Lipinski definition) is 1. The van der Waals surface area contributed by atoms with Crippen molar-refractivity contribution in [3.8, 4) is 0 Å². The predicted molar refractivity (Wildman–Crippen MR) is 99.4 cm³/mol. The van der Waals surface area contributed by atoms with E-state index in [1.165, 1.54) is 15.9 Å². The molecule has 1 saturated heterocycles. The van der Waals surface area contributed by atoms with Gasteiger partial charge in [0, 0.05) is 31.6 Å². The van der Waals surface area contributed by atoms with Crippen LogP contribution in [-0.4, -0.2) is 53.0 Å². The van der Waals surface area contributed by atoms with Gasteiger partial charge in [-0.1, -0.05) is 11.3 Å². The highest BCUT2D eigenvalue weighted by Crippen LogP contribution is 2.41. The second kappa shape index (κ2) is 5.82. The normalized spacial score (nSPS) is 25.0. The number of H-pyrrole nitrogens is 1. The number of aromatic nitrogens is 6. The van der Waals surface area contributed by atoms with E-state index in [1.54, 1.807) is 10.6 Å². The zero-order valence-electron chi connectivity index (χ0n) is 15.1. The number of nitrogens with zero attached hydrogens (tertiary/aromatic N) is 6. The fourth-order valence-electron chi connectivity index (χ4n) is 4.16. The molecule has 1 aliphatic carbocycles. The Morgan fingerprint density at radius 1 is 1.32 bits per heavy atom. The molecule has 11 heteroatoms. The maximum Gasteiger partial charge on any atom is 0.343 e. The van der Waals surface area contributed by atoms with Crippen LogP contribution in [0.2, 0.25) is 0 Å². The van der Waals surface area contributed by atoms with Gasteiger partial charge in [0.15, 0.2) is 5.82 Å². The number of likely N-dealkylation sites (tertiary alicyclic amines) is 1. The Morgan fingerprint density at radius 2 is 2.21 bits per heavy atom. The van der Waals surface area contributed by atoms with Crippen LogP contribution in [0.3, 0.4) is 0 Å². The highest BCUT2D eigenvalue weighted by molar-refractivity contribution is 7.16. The van der Waals surface area contributed by atoms with Crippen LogP contribution in [0.1, 0.15) is 41.7 Å². The Labute approximate surface area is 162 Å². The van der Waals surface area contributed by atoms with Crippen LogP contribution in [0.25, 0.3) is 4.96 Å². The van der Waals surface area contributed by atoms with Crippen molar-refractivity contribution in [3.63, 3.8) is 0 Å². The molecule has 2 aliphatic heterocycles. The van der Waals surface area contributed by atoms with Crippen molar-refractivity contribution in [2.24, 2.45) is 0 Å². The van der Waals surface area contributed by atoms with E-state index in [1.807, 2.05) is 0 Å². The lowest BCUT2D eigenvalue weighted by atomic mass is 10.0. The van der Waals surface area contributed by atoms with Crippen molar-refractivity contribution in [2.45, 2.75) is 50.5 Å². The van der Waals surface area contributed by atoms with E-state index in [4.69, 9.17) is 4.74 Å². The molecular formula is C17H19N7O3S. The molecule has 3 aromatic heterocycles. The Bertz CT molecular complexity index is 1190. The monoisotopic (exact) mass is 401 g/mol. The minimum absolute atomic E-state index is 0.124. The molecule has 0 aromatic carbocycles. The molecule has 3 aliphatic rings. The summed E-state index contributed by atoms with van der Waals surface area (Å²) in [5, 5.41) is 11.9. The molecule has 10 nitrogen and oxygen atoms in total. The van der Waals surface area contributed by atoms with Crippen LogP contribution >= 0.6 is 11.3 Å². The molecule has 1 N–H and O–H groups in total. The molecule has 146 valence electrons. The average molecular weight is 401 g/mol. The van der Waals surface area contributed by atoms with Crippen LogP contribution in [0, 0.1) is 0 Å². The van der Waals surface area contributed by atoms with E-state index in [0.29, 0.717) is 42.9 Å². The summed E-state index contributed by atoms with van der Waals surface area (Å²) >= 11 is 1.52. The molecule has 2 fully saturated rings. The van der Waals surface area contributed by atoms with Gasteiger partial charge in [0.2, 0.25) is 4.96 Å². The summed E-state index contributed by atoms with van der Waals surface area (Å²) in [7, 11) is 0. The van der Waals surface area contributed by atoms with Gasteiger partial charge in [-0.25, -0.2) is 14.9 Å². The van der Waals surface area contributed by atoms with Gasteiger partial charge in [-0.2, -0.15) is 14.7 Å². The molecule has 1 saturated carbocycles. The highest BCUT2D eigenvalue weighted by atomic mass is 32.1. The standard InChI is InChI=1S/C17H19N7O3S/c25-13-5-11(18-16-24(13)21-14(28-16)10-1-2-10)6-22-4-3-17(8-22)9-23-12(7-27-17)19-20-15(23)26/h5,10H,1-4,6-9H2,(H,20,26). The number of fused-ring (bicyclic) bond motifs is 2. The molecule has 1 spiro atoms. The van der Waals surface area contributed by atoms with Gasteiger partial charge in [0.1, 0.15) is 17.2 Å². The number of aromatic amines is 1. The summed E-state index contributed by atoms with van der Waals surface area (Å²) < 4.78 is 9.17. The molecule has 28 heavy (non-hydrogen) atoms. The summed E-state index contributed by atoms with van der Waals surface area (Å²) in [6, 6.07) is 1.58. The highest BCUT2D eigenvalue weighted by Gasteiger charge is 2.43. The quantitative estimate of drug-likeness (QED) is 0.662. The molecule has 5 heterocycles. The first-order valence-corrected chi connectivity index (χ1v) is 10.3. The molecule has 0 bridgehead atoms. The van der Waals surface area contributed by atoms with Crippen molar-refractivity contribution in [3.05, 3.63) is 43.4 Å². The van der Waals surface area contributed by atoms with Gasteiger partial charge in [0.05, 0.1) is 12.2 Å². The summed E-state index contributed by atoms with van der Waals surface area (Å²) in [5.41, 5.74) is 0.0576. The third-order valence-electron chi connectivity index (χ3n) is 5.81. The van der Waals surface area contributed by atoms with E-state index < -0.39 is 0 Å². The van der Waals surface area contributed by atoms with Gasteiger partial charge in [-0.15, -0.1) is 0 Å². The van der Waals surface area contributed by atoms with Gasteiger partial charge in [-0.3, -0.25) is 14.3 Å². The molecular weight excluding hydrogens is 382 g/mol. The van der Waals surface area contributed by atoms with E-state index >= 15 is 0 Å². The van der Waals surface area contributed by atoms with Crippen LogP contribution in [0.15, 0.2) is 15.7 Å². The van der Waals surface area contributed by atoms with Crippen molar-refractivity contribution >= 4 is 16.3 Å². The molecule has 6 rings (SSSR count). The van der Waals surface area contributed by atoms with E-state index in [2.05, 4.69) is 25.2 Å². The number of ether oxygens (including phenoxy) is 1. The molecule has 0 radical (unpaired) electrons. The molecule has 0 amide bonds. The number of rotatable bonds is 3. The van der Waals surface area contributed by atoms with E-state index in [0.717, 1.165) is 36.5 Å². The number of nitrogens with one attached hydrogen (secondary N) is 1. The Morgan fingerprint density at radius 3 is 3.07 bits per heavy atom. The van der Waals surface area contributed by atoms with Gasteiger partial charge < -0.3 is 4.74 Å². The van der Waals surface area contributed by atoms with Gasteiger partial charge in [-0.05, 0) is 19.3 Å². The van der Waals surface area contributed by atoms with Crippen molar-refractivity contribution < 1.29 is 4.74 Å². The second-order valence-corrected chi connectivity index (χ2v) is 8.95. The van der Waals surface area contributed by atoms with Gasteiger partial charge >= 0.3 is 5.69 Å². The van der Waals surface area contributed by atoms with Crippen LogP contribution in [-0.2, 0) is 24.4 Å². The zero-order chi connectivity index (χ0) is 18.9. The minimum Gasteiger partial charge on any atom is -0.364 e. The first-order chi connectivity index (χ1) is 13.6. The first kappa shape index (κ1) is 16.6. The summed E-state index contributed by atoms with van der Waals surface area (Å²) in [6.45, 7) is 2.95. The summed E-state index contributed by atoms with van der Waals surface area (Å²) in [5.74, 6) is 1.15. The molecule has 1 atom stereocenters. The smallest absolute Gasteiger partial charge is 0.343 e. The maximum atomic E-state index is 12.4. The lowest BCUT2D eigenvalue weighted by Crippen LogP contribution is -2.46. The molecule has 3 aromatic rings. The van der Waals surface area contributed by atoms with Crippen LogP contribution in [0.5, 0.6) is 0 Å². The third-order valence-corrected chi connectivity index (χ3v) is 6.88. The zero-order valence-corrected chi connectivity index (χ0v) is 15.9. The third kappa shape index (κ3) is 2.65. The fourth-order valence-corrected chi connectivity index (χ4v) is 5.25. The Balaban J connectivity index is 1.23. The summed E-state index contributed by atoms with van der Waals surface area (Å²) in [6.07, 6.45) is 3.13. The van der Waals surface area contributed by atoms with Crippen molar-refractivity contribution in [1.29, 1.82) is 0 Å². The lowest BCUT2D eigenvalue weighted by Gasteiger charge is -2.33. The Hall–Kier alpha value is -2.37. The second-order valence-electron chi connectivity index (χ2n) is 7.96. The van der Waals surface area contributed by atoms with E-state index in [9.17, 15) is 9.59 Å². The lowest BCUT2D eigenvalue weighted by molar-refractivity contribution is -0.0833. The van der Waals surface area contributed by atoms with E-state index in [-0.39, 0.29) is 16.9 Å². The predicted octanol–water partition coefficient (Wildman–Crippen LogP) is 0.0881. The van der Waals surface area contributed by atoms with Crippen molar-refractivity contribution in [2.75, 3.05) is 13.1 Å². The SMILES string of the molecule is O=c1[nH]nc2n1CC1(CCN(Cc3cc(=O)n4nc(C5CC5)sc4n3)C1)OC2. The average Bonchev–Trinajstić information content (AvgIpc) is 3.18.